The van der Waals surface area contributed by atoms with Gasteiger partial charge in [0, 0.05) is 32.0 Å². The minimum Gasteiger partial charge on any atom is -0.387 e. The smallest absolute Gasteiger partial charge is 0.257 e. The Morgan fingerprint density at radius 2 is 2.16 bits per heavy atom. The van der Waals surface area contributed by atoms with Crippen LogP contribution in [-0.4, -0.2) is 35.9 Å². The molecule has 1 amide bonds. The van der Waals surface area contributed by atoms with E-state index < -0.39 is 0 Å². The lowest BCUT2D eigenvalue weighted by atomic mass is 9.94. The average molecular weight is 261 g/mol. The predicted octanol–water partition coefficient (Wildman–Crippen LogP) is 2.69. The molecule has 2 rings (SSSR count). The van der Waals surface area contributed by atoms with Gasteiger partial charge in [-0.3, -0.25) is 9.78 Å². The molecule has 1 aromatic rings. The van der Waals surface area contributed by atoms with Gasteiger partial charge in [0.15, 0.2) is 0 Å². The molecule has 0 atom stereocenters. The van der Waals surface area contributed by atoms with Crippen molar-refractivity contribution in [3.63, 3.8) is 0 Å². The van der Waals surface area contributed by atoms with Crippen molar-refractivity contribution < 1.29 is 4.79 Å². The first-order valence-electron chi connectivity index (χ1n) is 7.09. The largest absolute Gasteiger partial charge is 0.387 e. The van der Waals surface area contributed by atoms with Crippen molar-refractivity contribution in [1.29, 1.82) is 0 Å². The third kappa shape index (κ3) is 3.06. The zero-order chi connectivity index (χ0) is 13.8. The van der Waals surface area contributed by atoms with Crippen LogP contribution >= 0.6 is 0 Å². The van der Waals surface area contributed by atoms with E-state index in [0.29, 0.717) is 5.56 Å². The molecule has 4 nitrogen and oxygen atoms in total. The molecule has 0 radical (unpaired) electrons. The number of likely N-dealkylation sites (tertiary alicyclic amines) is 1. The molecule has 0 aromatic carbocycles. The van der Waals surface area contributed by atoms with Gasteiger partial charge in [-0.1, -0.05) is 13.3 Å². The molecule has 0 unspecified atom stereocenters. The van der Waals surface area contributed by atoms with E-state index in [1.807, 2.05) is 24.9 Å². The van der Waals surface area contributed by atoms with E-state index in [0.717, 1.165) is 43.2 Å². The predicted molar refractivity (Wildman–Crippen MR) is 77.4 cm³/mol. The first-order chi connectivity index (χ1) is 9.15. The number of pyridine rings is 1. The number of nitrogens with one attached hydrogen (secondary N) is 1. The number of amides is 1. The van der Waals surface area contributed by atoms with Crippen molar-refractivity contribution in [3.05, 3.63) is 23.5 Å². The number of nitrogens with zero attached hydrogens (tertiary/aromatic N) is 2. The summed E-state index contributed by atoms with van der Waals surface area (Å²) < 4.78 is 0. The molecule has 1 fully saturated rings. The highest BCUT2D eigenvalue weighted by atomic mass is 16.2. The number of hydrogen-bond acceptors (Lipinski definition) is 3. The van der Waals surface area contributed by atoms with E-state index in [9.17, 15) is 4.79 Å². The van der Waals surface area contributed by atoms with E-state index in [-0.39, 0.29) is 5.91 Å². The maximum absolute atomic E-state index is 12.5. The molecule has 19 heavy (non-hydrogen) atoms. The van der Waals surface area contributed by atoms with E-state index in [1.54, 1.807) is 6.20 Å². The Bertz CT molecular complexity index is 451. The average Bonchev–Trinajstić information content (AvgIpc) is 2.46. The molecule has 1 N–H and O–H groups in total. The van der Waals surface area contributed by atoms with Crippen LogP contribution in [0.5, 0.6) is 0 Å². The zero-order valence-electron chi connectivity index (χ0n) is 12.1. The van der Waals surface area contributed by atoms with Crippen molar-refractivity contribution in [2.75, 3.05) is 25.5 Å². The molecule has 1 saturated heterocycles. The fourth-order valence-corrected chi connectivity index (χ4v) is 2.65. The van der Waals surface area contributed by atoms with Crippen LogP contribution in [0.4, 0.5) is 5.69 Å². The minimum atomic E-state index is 0.103. The summed E-state index contributed by atoms with van der Waals surface area (Å²) in [6.07, 6.45) is 5.15. The summed E-state index contributed by atoms with van der Waals surface area (Å²) in [6, 6.07) is 1.92. The lowest BCUT2D eigenvalue weighted by molar-refractivity contribution is 0.0689. The molecule has 4 heteroatoms. The van der Waals surface area contributed by atoms with Gasteiger partial charge >= 0.3 is 0 Å². The van der Waals surface area contributed by atoms with Crippen LogP contribution in [0.15, 0.2) is 12.3 Å². The summed E-state index contributed by atoms with van der Waals surface area (Å²) in [5.41, 5.74) is 2.48. The highest BCUT2D eigenvalue weighted by Gasteiger charge is 2.24. The maximum atomic E-state index is 12.5. The summed E-state index contributed by atoms with van der Waals surface area (Å²) >= 11 is 0. The molecular weight excluding hydrogens is 238 g/mol. The Kier molecular flexibility index (Phi) is 4.40. The molecular formula is C15H23N3O. The summed E-state index contributed by atoms with van der Waals surface area (Å²) in [5.74, 6) is 0.885. The monoisotopic (exact) mass is 261 g/mol. The number of rotatable bonds is 3. The first-order valence-corrected chi connectivity index (χ1v) is 7.09. The lowest BCUT2D eigenvalue weighted by Gasteiger charge is -2.31. The van der Waals surface area contributed by atoms with Gasteiger partial charge in [0.25, 0.3) is 5.91 Å². The van der Waals surface area contributed by atoms with Crippen molar-refractivity contribution >= 4 is 11.6 Å². The molecule has 1 aliphatic heterocycles. The summed E-state index contributed by atoms with van der Waals surface area (Å²) in [7, 11) is 1.84. The second-order valence-corrected chi connectivity index (χ2v) is 5.27. The standard InChI is InChI=1S/C15H23N3O/c1-4-12-5-7-18(8-6-12)15(19)13-10-17-11(2)9-14(13)16-3/h9-10,12H,4-8H2,1-3H3,(H,16,17). The van der Waals surface area contributed by atoms with Crippen molar-refractivity contribution in [3.8, 4) is 0 Å². The van der Waals surface area contributed by atoms with Gasteiger partial charge in [-0.05, 0) is 31.7 Å². The highest BCUT2D eigenvalue weighted by Crippen LogP contribution is 2.23. The second-order valence-electron chi connectivity index (χ2n) is 5.27. The van der Waals surface area contributed by atoms with Crippen LogP contribution in [0.2, 0.25) is 0 Å². The van der Waals surface area contributed by atoms with Gasteiger partial charge < -0.3 is 10.2 Å². The number of aryl methyl sites for hydroxylation is 1. The van der Waals surface area contributed by atoms with Gasteiger partial charge in [0.1, 0.15) is 0 Å². The third-order valence-corrected chi connectivity index (χ3v) is 4.02. The molecule has 1 aromatic heterocycles. The number of carbonyl (C=O) groups is 1. The van der Waals surface area contributed by atoms with Crippen LogP contribution in [-0.2, 0) is 0 Å². The fourth-order valence-electron chi connectivity index (χ4n) is 2.65. The van der Waals surface area contributed by atoms with Gasteiger partial charge in [-0.25, -0.2) is 0 Å². The Hall–Kier alpha value is -1.58. The Morgan fingerprint density at radius 1 is 1.47 bits per heavy atom. The minimum absolute atomic E-state index is 0.103. The van der Waals surface area contributed by atoms with Crippen molar-refractivity contribution in [2.24, 2.45) is 5.92 Å². The number of hydrogen-bond donors (Lipinski definition) is 1. The van der Waals surface area contributed by atoms with E-state index >= 15 is 0 Å². The number of anilines is 1. The van der Waals surface area contributed by atoms with Crippen LogP contribution in [0.1, 0.15) is 42.2 Å². The van der Waals surface area contributed by atoms with Crippen LogP contribution in [0.25, 0.3) is 0 Å². The summed E-state index contributed by atoms with van der Waals surface area (Å²) in [5, 5.41) is 3.09. The van der Waals surface area contributed by atoms with Gasteiger partial charge in [0.2, 0.25) is 0 Å². The van der Waals surface area contributed by atoms with E-state index in [1.165, 1.54) is 6.42 Å². The number of carbonyl (C=O) groups excluding carboxylic acids is 1. The van der Waals surface area contributed by atoms with Gasteiger partial charge in [-0.2, -0.15) is 0 Å². The third-order valence-electron chi connectivity index (χ3n) is 4.02. The Labute approximate surface area is 115 Å². The van der Waals surface area contributed by atoms with Crippen molar-refractivity contribution in [1.82, 2.24) is 9.88 Å². The van der Waals surface area contributed by atoms with Crippen molar-refractivity contribution in [2.45, 2.75) is 33.1 Å². The quantitative estimate of drug-likeness (QED) is 0.910. The molecule has 104 valence electrons. The van der Waals surface area contributed by atoms with Crippen LogP contribution < -0.4 is 5.32 Å². The maximum Gasteiger partial charge on any atom is 0.257 e. The molecule has 0 bridgehead atoms. The SMILES string of the molecule is CCC1CCN(C(=O)c2cnc(C)cc2NC)CC1. The molecule has 2 heterocycles. The van der Waals surface area contributed by atoms with E-state index in [4.69, 9.17) is 0 Å². The highest BCUT2D eigenvalue weighted by molar-refractivity contribution is 5.99. The summed E-state index contributed by atoms with van der Waals surface area (Å²) in [6.45, 7) is 5.90. The molecule has 0 saturated carbocycles. The van der Waals surface area contributed by atoms with Crippen LogP contribution in [0.3, 0.4) is 0 Å². The second kappa shape index (κ2) is 6.04. The molecule has 0 spiro atoms. The molecule has 0 aliphatic carbocycles. The number of piperidine rings is 1. The topological polar surface area (TPSA) is 45.2 Å². The van der Waals surface area contributed by atoms with Gasteiger partial charge in [0.05, 0.1) is 11.3 Å². The van der Waals surface area contributed by atoms with Crippen LogP contribution in [0, 0.1) is 12.8 Å². The first kappa shape index (κ1) is 13.8. The normalized spacial score (nSPS) is 16.5. The zero-order valence-corrected chi connectivity index (χ0v) is 12.1. The summed E-state index contributed by atoms with van der Waals surface area (Å²) in [4.78, 5) is 18.7. The Balaban J connectivity index is 2.12. The number of aromatic nitrogens is 1. The Morgan fingerprint density at radius 3 is 2.74 bits per heavy atom. The molecule has 1 aliphatic rings. The fraction of sp³-hybridized carbons (Fsp3) is 0.600. The van der Waals surface area contributed by atoms with E-state index in [2.05, 4.69) is 17.2 Å². The van der Waals surface area contributed by atoms with Gasteiger partial charge in [-0.15, -0.1) is 0 Å². The lowest BCUT2D eigenvalue weighted by Crippen LogP contribution is -2.38.